The number of aliphatic hydroxyl groups excluding tert-OH is 5. The molecule has 0 rings (SSSR count). The van der Waals surface area contributed by atoms with E-state index < -0.39 is 54.7 Å². The molecule has 0 heterocycles. The minimum absolute atomic E-state index is 0. The van der Waals surface area contributed by atoms with E-state index >= 15 is 0 Å². The Kier molecular flexibility index (Phi) is 58.7. The van der Waals surface area contributed by atoms with Crippen molar-refractivity contribution in [2.24, 2.45) is 11.5 Å². The van der Waals surface area contributed by atoms with Gasteiger partial charge in [-0.15, -0.1) is 12.4 Å². The number of rotatable bonds is 18. The van der Waals surface area contributed by atoms with Gasteiger partial charge in [-0.2, -0.15) is 0 Å². The van der Waals surface area contributed by atoms with Crippen LogP contribution in [-0.2, 0) is 38.1 Å². The number of nitrogens with two attached hydrogens (primary N) is 2. The lowest BCUT2D eigenvalue weighted by molar-refractivity contribution is -0.153. The number of carbonyl (C=O) groups is 4. The molecule has 0 spiro atoms. The molecule has 8 atom stereocenters. The summed E-state index contributed by atoms with van der Waals surface area (Å²) in [6, 6.07) is -2.04. The van der Waals surface area contributed by atoms with Crippen LogP contribution < -0.4 is 11.5 Å². The first kappa shape index (κ1) is 67.9. The number of likely N-dealkylation sites (N-methyl/N-ethyl adjacent to an activating group) is 2. The number of esters is 3. The molecule has 0 aliphatic heterocycles. The minimum Gasteiger partial charge on any atom is -0.464 e. The Labute approximate surface area is 320 Å². The molecule has 0 radical (unpaired) electrons. The summed E-state index contributed by atoms with van der Waals surface area (Å²) in [5.74, 6) is -1.26. The molecule has 0 aromatic rings. The second-order valence-electron chi connectivity index (χ2n) is 11.2. The summed E-state index contributed by atoms with van der Waals surface area (Å²) in [6.45, 7) is 15.5. The molecule has 0 aliphatic rings. The van der Waals surface area contributed by atoms with Gasteiger partial charge in [-0.1, -0.05) is 42.5 Å². The quantitative estimate of drug-likeness (QED) is 0.0443. The Balaban J connectivity index is -0.0000000793. The molecule has 18 heteroatoms. The van der Waals surface area contributed by atoms with Gasteiger partial charge < -0.3 is 50.2 Å². The van der Waals surface area contributed by atoms with Gasteiger partial charge in [-0.3, -0.25) is 34.7 Å². The Morgan fingerprint density at radius 1 is 0.615 bits per heavy atom. The van der Waals surface area contributed by atoms with Crippen LogP contribution in [0.2, 0.25) is 0 Å². The van der Waals surface area contributed by atoms with Crippen molar-refractivity contribution in [2.75, 3.05) is 54.6 Å². The molecule has 0 fully saturated rings. The fourth-order valence-electron chi connectivity index (χ4n) is 2.93. The third kappa shape index (κ3) is 42.2. The zero-order valence-electron chi connectivity index (χ0n) is 32.3. The van der Waals surface area contributed by atoms with E-state index in [-0.39, 0.29) is 45.7 Å². The van der Waals surface area contributed by atoms with Crippen LogP contribution in [0.15, 0.2) is 0 Å². The second-order valence-corrected chi connectivity index (χ2v) is 11.2. The van der Waals surface area contributed by atoms with E-state index in [9.17, 15) is 29.4 Å². The van der Waals surface area contributed by atoms with Crippen LogP contribution in [0.3, 0.4) is 0 Å². The third-order valence-electron chi connectivity index (χ3n) is 5.56. The average Bonchev–Trinajstić information content (AvgIpc) is 3.01. The molecule has 0 aromatic carbocycles. The van der Waals surface area contributed by atoms with E-state index in [1.165, 1.54) is 13.8 Å². The first-order valence-corrected chi connectivity index (χ1v) is 16.5. The molecule has 9 N–H and O–H groups in total. The van der Waals surface area contributed by atoms with Crippen molar-refractivity contribution in [3.05, 3.63) is 0 Å². The van der Waals surface area contributed by atoms with Crippen molar-refractivity contribution >= 4 is 36.8 Å². The number of aliphatic hydroxyl groups is 5. The minimum atomic E-state index is -0.915. The summed E-state index contributed by atoms with van der Waals surface area (Å²) in [5.41, 5.74) is 10.3. The summed E-state index contributed by atoms with van der Waals surface area (Å²) in [7, 11) is 6.96. The number of halogens is 1. The molecule has 0 saturated heterocycles. The maximum atomic E-state index is 11.4. The lowest BCUT2D eigenvalue weighted by Gasteiger charge is -2.24. The number of carbonyl (C=O) groups excluding carboxylic acids is 4. The Morgan fingerprint density at radius 3 is 1.06 bits per heavy atom. The maximum absolute atomic E-state index is 11.4. The van der Waals surface area contributed by atoms with Crippen molar-refractivity contribution < 1.29 is 63.7 Å². The molecule has 0 amide bonds. The Bertz CT molecular complexity index is 740. The van der Waals surface area contributed by atoms with Crippen molar-refractivity contribution in [3.8, 4) is 0 Å². The Morgan fingerprint density at radius 2 is 0.904 bits per heavy atom. The number of hydrogen-bond donors (Lipinski definition) is 7. The standard InChI is InChI=1S/2C9H19NO3.C7H15NO3.C4H9NO3.C3H8O.2CH4.ClH/c2*1-5-6-13-9(12)8(7(2)11)10(3)4;1-3-4-11-7(10)6(8)5(2)9;1-3(7)4(5)8-2-6;1-2-3-4;;;/h2*7-8,11H,5-6H2,1-4H3;5-6,9H,3-4,8H2,1-2H3;2-4,7H,5H2,1H3;4H,2-3H2,1H3;2*1H4;1H. The highest BCUT2D eigenvalue weighted by Gasteiger charge is 2.28. The zero-order valence-corrected chi connectivity index (χ0v) is 33.1. The van der Waals surface area contributed by atoms with Gasteiger partial charge >= 0.3 is 17.9 Å². The maximum Gasteiger partial charge on any atom is 0.326 e. The second kappa shape index (κ2) is 45.0. The molecule has 8 unspecified atom stereocenters. The van der Waals surface area contributed by atoms with Crippen molar-refractivity contribution in [3.63, 3.8) is 0 Å². The molecular weight excluding hydrogens is 708 g/mol. The van der Waals surface area contributed by atoms with Crippen LogP contribution in [0, 0.1) is 0 Å². The highest BCUT2D eigenvalue weighted by Crippen LogP contribution is 2.04. The van der Waals surface area contributed by atoms with E-state index in [4.69, 9.17) is 41.0 Å². The fourth-order valence-corrected chi connectivity index (χ4v) is 2.93. The summed E-state index contributed by atoms with van der Waals surface area (Å²) >= 11 is 0. The third-order valence-corrected chi connectivity index (χ3v) is 5.56. The molecule has 0 aliphatic carbocycles. The van der Waals surface area contributed by atoms with E-state index in [0.29, 0.717) is 26.4 Å². The molecule has 0 saturated carbocycles. The Hall–Kier alpha value is -2.19. The van der Waals surface area contributed by atoms with Gasteiger partial charge in [0.25, 0.3) is 6.47 Å². The lowest BCUT2D eigenvalue weighted by Crippen LogP contribution is -2.45. The van der Waals surface area contributed by atoms with Gasteiger partial charge in [-0.05, 0) is 81.6 Å². The van der Waals surface area contributed by atoms with Crippen LogP contribution in [0.1, 0.15) is 95.9 Å². The lowest BCUT2D eigenvalue weighted by atomic mass is 10.2. The van der Waals surface area contributed by atoms with Crippen molar-refractivity contribution in [2.45, 2.75) is 145 Å². The van der Waals surface area contributed by atoms with Crippen LogP contribution in [0.4, 0.5) is 0 Å². The molecule has 17 nitrogen and oxygen atoms in total. The fraction of sp³-hybridized carbons (Fsp3) is 0.882. The predicted molar refractivity (Wildman–Crippen MR) is 207 cm³/mol. The normalized spacial score (nSPS) is 14.2. The average molecular weight is 787 g/mol. The summed E-state index contributed by atoms with van der Waals surface area (Å²) < 4.78 is 18.7. The summed E-state index contributed by atoms with van der Waals surface area (Å²) in [4.78, 5) is 46.4. The van der Waals surface area contributed by atoms with Crippen molar-refractivity contribution in [1.29, 1.82) is 0 Å². The monoisotopic (exact) mass is 787 g/mol. The largest absolute Gasteiger partial charge is 0.464 e. The number of hydrogen-bond acceptors (Lipinski definition) is 17. The molecular formula is C34H79ClN4O13. The van der Waals surface area contributed by atoms with Gasteiger partial charge in [0.15, 0.2) is 6.23 Å². The zero-order chi connectivity index (χ0) is 39.7. The highest BCUT2D eigenvalue weighted by molar-refractivity contribution is 5.85. The van der Waals surface area contributed by atoms with E-state index in [2.05, 4.69) is 4.74 Å². The number of ether oxygens (including phenoxy) is 4. The SMILES string of the molecule is C.C.CC(O)C(N)OC=O.CCCO.CCCOC(=O)C(C(C)O)N(C)C.CCCOC(=O)C(C(C)O)N(C)C.CCCOC(=O)C(N)C(C)O.Cl. The molecule has 0 bridgehead atoms. The first-order valence-electron chi connectivity index (χ1n) is 16.5. The first-order chi connectivity index (χ1) is 22.7. The predicted octanol–water partition coefficient (Wildman–Crippen LogP) is 1.06. The number of nitrogens with zero attached hydrogens (tertiary/aromatic N) is 2. The van der Waals surface area contributed by atoms with Crippen molar-refractivity contribution in [1.82, 2.24) is 9.80 Å². The highest BCUT2D eigenvalue weighted by atomic mass is 35.5. The summed E-state index contributed by atoms with van der Waals surface area (Å²) in [5, 5.41) is 43.9. The topological polar surface area (TPSA) is 265 Å². The van der Waals surface area contributed by atoms with Crippen LogP contribution in [0.5, 0.6) is 0 Å². The van der Waals surface area contributed by atoms with E-state index in [0.717, 1.165) is 25.7 Å². The van der Waals surface area contributed by atoms with Gasteiger partial charge in [0.2, 0.25) is 0 Å². The van der Waals surface area contributed by atoms with Crippen LogP contribution >= 0.6 is 12.4 Å². The molecule has 52 heavy (non-hydrogen) atoms. The summed E-state index contributed by atoms with van der Waals surface area (Å²) in [6.07, 6.45) is -0.735. The molecule has 0 aromatic heterocycles. The van der Waals surface area contributed by atoms with E-state index in [1.807, 2.05) is 27.7 Å². The van der Waals surface area contributed by atoms with Gasteiger partial charge in [0.1, 0.15) is 24.2 Å². The van der Waals surface area contributed by atoms with Crippen LogP contribution in [-0.4, -0.2) is 163 Å². The van der Waals surface area contributed by atoms with Gasteiger partial charge in [0.05, 0.1) is 38.1 Å². The van der Waals surface area contributed by atoms with E-state index in [1.54, 1.807) is 51.8 Å². The van der Waals surface area contributed by atoms with Gasteiger partial charge in [0, 0.05) is 6.61 Å². The smallest absolute Gasteiger partial charge is 0.326 e. The van der Waals surface area contributed by atoms with Crippen LogP contribution in [0.25, 0.3) is 0 Å². The van der Waals surface area contributed by atoms with Gasteiger partial charge in [-0.25, -0.2) is 0 Å². The molecule has 320 valence electrons.